The van der Waals surface area contributed by atoms with Crippen LogP contribution in [0.2, 0.25) is 0 Å². The Balaban J connectivity index is 2.03. The van der Waals surface area contributed by atoms with Gasteiger partial charge in [0.2, 0.25) is 0 Å². The number of ether oxygens (including phenoxy) is 2. The van der Waals surface area contributed by atoms with E-state index >= 15 is 0 Å². The summed E-state index contributed by atoms with van der Waals surface area (Å²) < 4.78 is 10.4. The Morgan fingerprint density at radius 1 is 1.23 bits per heavy atom. The Morgan fingerprint density at radius 3 is 2.41 bits per heavy atom. The van der Waals surface area contributed by atoms with Gasteiger partial charge in [0.1, 0.15) is 11.9 Å². The molecule has 2 rings (SSSR count). The first-order valence-electron chi connectivity index (χ1n) is 7.37. The van der Waals surface area contributed by atoms with E-state index in [4.69, 9.17) is 4.74 Å². The van der Waals surface area contributed by atoms with Crippen LogP contribution in [0.4, 0.5) is 0 Å². The zero-order chi connectivity index (χ0) is 16.5. The van der Waals surface area contributed by atoms with Crippen molar-refractivity contribution in [2.75, 3.05) is 20.2 Å². The van der Waals surface area contributed by atoms with Gasteiger partial charge in [-0.2, -0.15) is 0 Å². The molecule has 1 amide bonds. The molecule has 1 aliphatic rings. The molecule has 1 aromatic carbocycles. The van der Waals surface area contributed by atoms with Crippen molar-refractivity contribution in [3.63, 3.8) is 0 Å². The molecule has 1 aromatic rings. The number of benzene rings is 1. The lowest BCUT2D eigenvalue weighted by Crippen LogP contribution is -2.58. The molecule has 22 heavy (non-hydrogen) atoms. The lowest BCUT2D eigenvalue weighted by molar-refractivity contribution is -0.162. The molecule has 1 aliphatic heterocycles. The second-order valence-electron chi connectivity index (χ2n) is 6.69. The first-order valence-corrected chi connectivity index (χ1v) is 7.37. The molecular formula is C17H23NO4. The first kappa shape index (κ1) is 16.3. The third kappa shape index (κ3) is 3.40. The smallest absolute Gasteiger partial charge is 0.396 e. The summed E-state index contributed by atoms with van der Waals surface area (Å²) in [5.74, 6) is -0.597. The molecule has 0 atom stereocenters. The van der Waals surface area contributed by atoms with Crippen molar-refractivity contribution >= 4 is 11.9 Å². The number of aryl methyl sites for hydroxylation is 1. The van der Waals surface area contributed by atoms with Crippen molar-refractivity contribution in [2.24, 2.45) is 0 Å². The van der Waals surface area contributed by atoms with Crippen molar-refractivity contribution < 1.29 is 19.1 Å². The Kier molecular flexibility index (Phi) is 4.44. The van der Waals surface area contributed by atoms with Crippen LogP contribution in [0, 0.1) is 6.92 Å². The number of carbonyl (C=O) groups excluding carboxylic acids is 2. The molecule has 5 nitrogen and oxygen atoms in total. The summed E-state index contributed by atoms with van der Waals surface area (Å²) >= 11 is 0. The summed E-state index contributed by atoms with van der Waals surface area (Å²) in [6, 6.07) is 6.12. The topological polar surface area (TPSA) is 55.8 Å². The summed E-state index contributed by atoms with van der Waals surface area (Å²) in [7, 11) is 1.20. The normalized spacial score (nSPS) is 15.2. The second-order valence-corrected chi connectivity index (χ2v) is 6.69. The molecule has 120 valence electrons. The van der Waals surface area contributed by atoms with Gasteiger partial charge in [-0.05, 0) is 24.0 Å². The van der Waals surface area contributed by atoms with E-state index in [0.29, 0.717) is 13.1 Å². The van der Waals surface area contributed by atoms with Gasteiger partial charge >= 0.3 is 11.9 Å². The largest absolute Gasteiger partial charge is 0.486 e. The lowest BCUT2D eigenvalue weighted by atomic mass is 9.85. The van der Waals surface area contributed by atoms with Gasteiger partial charge in [-0.1, -0.05) is 38.5 Å². The zero-order valence-corrected chi connectivity index (χ0v) is 13.8. The highest BCUT2D eigenvalue weighted by Crippen LogP contribution is 2.33. The van der Waals surface area contributed by atoms with E-state index in [0.717, 1.165) is 11.3 Å². The molecule has 0 aromatic heterocycles. The van der Waals surface area contributed by atoms with Crippen molar-refractivity contribution in [1.82, 2.24) is 4.90 Å². The minimum Gasteiger partial charge on any atom is -0.486 e. The van der Waals surface area contributed by atoms with Crippen LogP contribution in [0.25, 0.3) is 0 Å². The lowest BCUT2D eigenvalue weighted by Gasteiger charge is -2.39. The highest BCUT2D eigenvalue weighted by molar-refractivity contribution is 6.32. The summed E-state index contributed by atoms with van der Waals surface area (Å²) in [6.45, 7) is 9.30. The zero-order valence-electron chi connectivity index (χ0n) is 13.8. The summed E-state index contributed by atoms with van der Waals surface area (Å²) in [5.41, 5.74) is 2.31. The van der Waals surface area contributed by atoms with Crippen molar-refractivity contribution in [1.29, 1.82) is 0 Å². The number of esters is 1. The minimum atomic E-state index is -0.829. The number of hydrogen-bond acceptors (Lipinski definition) is 4. The predicted octanol–water partition coefficient (Wildman–Crippen LogP) is 2.06. The molecule has 0 bridgehead atoms. The van der Waals surface area contributed by atoms with Crippen LogP contribution in [0.3, 0.4) is 0 Å². The average Bonchev–Trinajstić information content (AvgIpc) is 2.41. The fourth-order valence-corrected chi connectivity index (χ4v) is 2.41. The second kappa shape index (κ2) is 5.99. The highest BCUT2D eigenvalue weighted by atomic mass is 16.5. The van der Waals surface area contributed by atoms with Gasteiger partial charge in [-0.25, -0.2) is 4.79 Å². The average molecular weight is 305 g/mol. The predicted molar refractivity (Wildman–Crippen MR) is 82.9 cm³/mol. The molecule has 0 N–H and O–H groups in total. The number of amides is 1. The standard InChI is InChI=1S/C17H23NO4/c1-11-6-7-14(13(8-11)17(2,3)4)22-12-9-18(10-12)15(19)16(20)21-5/h6-8,12H,9-10H2,1-5H3. The number of likely N-dealkylation sites (tertiary alicyclic amines) is 1. The SMILES string of the molecule is COC(=O)C(=O)N1CC(Oc2ccc(C)cc2C(C)(C)C)C1. The summed E-state index contributed by atoms with van der Waals surface area (Å²) in [5, 5.41) is 0. The minimum absolute atomic E-state index is 0.0212. The van der Waals surface area contributed by atoms with Crippen LogP contribution in [0.5, 0.6) is 5.75 Å². The van der Waals surface area contributed by atoms with Gasteiger partial charge in [0.05, 0.1) is 20.2 Å². The van der Waals surface area contributed by atoms with E-state index in [1.165, 1.54) is 17.6 Å². The van der Waals surface area contributed by atoms with E-state index < -0.39 is 11.9 Å². The van der Waals surface area contributed by atoms with Crippen LogP contribution in [-0.2, 0) is 19.7 Å². The fraction of sp³-hybridized carbons (Fsp3) is 0.529. The third-order valence-corrected chi connectivity index (χ3v) is 3.73. The maximum atomic E-state index is 11.6. The van der Waals surface area contributed by atoms with E-state index in [-0.39, 0.29) is 11.5 Å². The maximum absolute atomic E-state index is 11.6. The number of rotatable bonds is 2. The Hall–Kier alpha value is -2.04. The van der Waals surface area contributed by atoms with Crippen LogP contribution in [0.15, 0.2) is 18.2 Å². The molecule has 0 aliphatic carbocycles. The van der Waals surface area contributed by atoms with E-state index in [9.17, 15) is 9.59 Å². The molecule has 0 saturated carbocycles. The van der Waals surface area contributed by atoms with E-state index in [2.05, 4.69) is 38.5 Å². The Bertz CT molecular complexity index is 583. The number of methoxy groups -OCH3 is 1. The first-order chi connectivity index (χ1) is 10.2. The summed E-state index contributed by atoms with van der Waals surface area (Å²) in [6.07, 6.45) is -0.0857. The van der Waals surface area contributed by atoms with E-state index in [1.807, 2.05) is 12.1 Å². The quantitative estimate of drug-likeness (QED) is 0.620. The molecule has 1 fully saturated rings. The van der Waals surface area contributed by atoms with Gasteiger partial charge in [0.15, 0.2) is 0 Å². The Morgan fingerprint density at radius 2 is 1.86 bits per heavy atom. The number of carbonyl (C=O) groups is 2. The number of nitrogens with zero attached hydrogens (tertiary/aromatic N) is 1. The molecule has 0 radical (unpaired) electrons. The maximum Gasteiger partial charge on any atom is 0.396 e. The van der Waals surface area contributed by atoms with Crippen LogP contribution in [0.1, 0.15) is 31.9 Å². The molecular weight excluding hydrogens is 282 g/mol. The number of hydrogen-bond donors (Lipinski definition) is 0. The Labute approximate surface area is 131 Å². The van der Waals surface area contributed by atoms with Gasteiger partial charge in [-0.3, -0.25) is 4.79 Å². The molecule has 0 spiro atoms. The van der Waals surface area contributed by atoms with Crippen LogP contribution < -0.4 is 4.74 Å². The molecule has 0 unspecified atom stereocenters. The molecule has 1 heterocycles. The molecule has 5 heteroatoms. The van der Waals surface area contributed by atoms with Gasteiger partial charge < -0.3 is 14.4 Å². The van der Waals surface area contributed by atoms with Gasteiger partial charge in [0.25, 0.3) is 0 Å². The highest BCUT2D eigenvalue weighted by Gasteiger charge is 2.36. The van der Waals surface area contributed by atoms with Crippen molar-refractivity contribution in [2.45, 2.75) is 39.2 Å². The fourth-order valence-electron chi connectivity index (χ4n) is 2.41. The van der Waals surface area contributed by atoms with E-state index in [1.54, 1.807) is 0 Å². The third-order valence-electron chi connectivity index (χ3n) is 3.73. The van der Waals surface area contributed by atoms with Gasteiger partial charge in [-0.15, -0.1) is 0 Å². The summed E-state index contributed by atoms with van der Waals surface area (Å²) in [4.78, 5) is 24.2. The van der Waals surface area contributed by atoms with Crippen LogP contribution in [-0.4, -0.2) is 43.1 Å². The van der Waals surface area contributed by atoms with Crippen molar-refractivity contribution in [3.8, 4) is 5.75 Å². The monoisotopic (exact) mass is 305 g/mol. The van der Waals surface area contributed by atoms with Crippen molar-refractivity contribution in [3.05, 3.63) is 29.3 Å². The van der Waals surface area contributed by atoms with Gasteiger partial charge in [0, 0.05) is 0 Å². The molecule has 1 saturated heterocycles. The van der Waals surface area contributed by atoms with Crippen LogP contribution >= 0.6 is 0 Å².